The van der Waals surface area contributed by atoms with Crippen LogP contribution in [0.25, 0.3) is 0 Å². The van der Waals surface area contributed by atoms with Crippen LogP contribution in [0.1, 0.15) is 35.4 Å². The first-order valence-electron chi connectivity index (χ1n) is 6.68. The van der Waals surface area contributed by atoms with Gasteiger partial charge >= 0.3 is 6.18 Å². The summed E-state index contributed by atoms with van der Waals surface area (Å²) in [5, 5.41) is 14.5. The number of hydrogen-bond acceptors (Lipinski definition) is 2. The van der Waals surface area contributed by atoms with Crippen LogP contribution in [0, 0.1) is 0 Å². The van der Waals surface area contributed by atoms with E-state index in [4.69, 9.17) is 0 Å². The monoisotopic (exact) mass is 298 g/mol. The highest BCUT2D eigenvalue weighted by molar-refractivity contribution is 5.27. The van der Waals surface area contributed by atoms with Gasteiger partial charge < -0.3 is 5.11 Å². The third kappa shape index (κ3) is 3.64. The summed E-state index contributed by atoms with van der Waals surface area (Å²) in [6.45, 7) is 1.94. The molecule has 0 aliphatic rings. The van der Waals surface area contributed by atoms with E-state index in [2.05, 4.69) is 5.10 Å². The molecule has 0 bridgehead atoms. The van der Waals surface area contributed by atoms with Gasteiger partial charge in [-0.05, 0) is 24.1 Å². The molecule has 2 aromatic rings. The highest BCUT2D eigenvalue weighted by Gasteiger charge is 2.30. The van der Waals surface area contributed by atoms with Gasteiger partial charge in [-0.25, -0.2) is 0 Å². The Morgan fingerprint density at radius 2 is 1.86 bits per heavy atom. The highest BCUT2D eigenvalue weighted by atomic mass is 19.4. The maximum Gasteiger partial charge on any atom is 0.416 e. The van der Waals surface area contributed by atoms with Crippen LogP contribution < -0.4 is 0 Å². The van der Waals surface area contributed by atoms with Crippen LogP contribution in [0.4, 0.5) is 13.2 Å². The largest absolute Gasteiger partial charge is 0.416 e. The van der Waals surface area contributed by atoms with Gasteiger partial charge in [0.25, 0.3) is 0 Å². The van der Waals surface area contributed by atoms with Crippen molar-refractivity contribution in [1.82, 2.24) is 9.78 Å². The minimum absolute atomic E-state index is 0.261. The predicted octanol–water partition coefficient (Wildman–Crippen LogP) is 3.28. The van der Waals surface area contributed by atoms with E-state index in [-0.39, 0.29) is 6.42 Å². The predicted molar refractivity (Wildman–Crippen MR) is 72.7 cm³/mol. The SMILES string of the molecule is CCc1nn(C)cc1C(O)Cc1ccc(C(F)(F)F)cc1. The van der Waals surface area contributed by atoms with Crippen LogP contribution in [0.15, 0.2) is 30.5 Å². The zero-order valence-electron chi connectivity index (χ0n) is 11.9. The Morgan fingerprint density at radius 3 is 2.38 bits per heavy atom. The molecule has 0 amide bonds. The first-order valence-corrected chi connectivity index (χ1v) is 6.68. The average molecular weight is 298 g/mol. The summed E-state index contributed by atoms with van der Waals surface area (Å²) in [4.78, 5) is 0. The van der Waals surface area contributed by atoms with Crippen molar-refractivity contribution < 1.29 is 18.3 Å². The van der Waals surface area contributed by atoms with Gasteiger partial charge in [0, 0.05) is 25.2 Å². The summed E-state index contributed by atoms with van der Waals surface area (Å²) in [5.74, 6) is 0. The van der Waals surface area contributed by atoms with Gasteiger partial charge in [0.2, 0.25) is 0 Å². The van der Waals surface area contributed by atoms with Gasteiger partial charge in [-0.15, -0.1) is 0 Å². The molecule has 0 spiro atoms. The first kappa shape index (κ1) is 15.6. The lowest BCUT2D eigenvalue weighted by Gasteiger charge is -2.12. The topological polar surface area (TPSA) is 38.0 Å². The smallest absolute Gasteiger partial charge is 0.388 e. The molecule has 1 atom stereocenters. The fourth-order valence-corrected chi connectivity index (χ4v) is 2.27. The van der Waals surface area contributed by atoms with E-state index in [1.807, 2.05) is 6.92 Å². The lowest BCUT2D eigenvalue weighted by molar-refractivity contribution is -0.137. The number of nitrogens with zero attached hydrogens (tertiary/aromatic N) is 2. The van der Waals surface area contributed by atoms with E-state index in [9.17, 15) is 18.3 Å². The molecule has 3 nitrogen and oxygen atoms in total. The van der Waals surface area contributed by atoms with Gasteiger partial charge in [0.1, 0.15) is 0 Å². The molecule has 0 radical (unpaired) electrons. The Hall–Kier alpha value is -1.82. The van der Waals surface area contributed by atoms with Crippen molar-refractivity contribution in [1.29, 1.82) is 0 Å². The summed E-state index contributed by atoms with van der Waals surface area (Å²) >= 11 is 0. The molecular formula is C15H17F3N2O. The van der Waals surface area contributed by atoms with E-state index in [1.165, 1.54) is 12.1 Å². The summed E-state index contributed by atoms with van der Waals surface area (Å²) in [6, 6.07) is 4.86. The summed E-state index contributed by atoms with van der Waals surface area (Å²) < 4.78 is 39.1. The van der Waals surface area contributed by atoms with Crippen LogP contribution in [0.3, 0.4) is 0 Å². The maximum atomic E-state index is 12.5. The second kappa shape index (κ2) is 5.89. The van der Waals surface area contributed by atoms with Crippen molar-refractivity contribution in [2.24, 2.45) is 7.05 Å². The molecule has 1 aromatic heterocycles. The van der Waals surface area contributed by atoms with E-state index in [0.29, 0.717) is 12.0 Å². The number of benzene rings is 1. The molecule has 114 valence electrons. The Balaban J connectivity index is 2.14. The summed E-state index contributed by atoms with van der Waals surface area (Å²) in [6.07, 6.45) is -2.41. The molecule has 1 N–H and O–H groups in total. The number of aromatic nitrogens is 2. The van der Waals surface area contributed by atoms with Gasteiger partial charge in [-0.2, -0.15) is 18.3 Å². The first-order chi connectivity index (χ1) is 9.81. The minimum Gasteiger partial charge on any atom is -0.388 e. The molecule has 0 aliphatic heterocycles. The third-order valence-corrected chi connectivity index (χ3v) is 3.34. The third-order valence-electron chi connectivity index (χ3n) is 3.34. The molecule has 21 heavy (non-hydrogen) atoms. The molecule has 0 aliphatic carbocycles. The van der Waals surface area contributed by atoms with Gasteiger partial charge in [0.15, 0.2) is 0 Å². The van der Waals surface area contributed by atoms with Crippen molar-refractivity contribution in [2.75, 3.05) is 0 Å². The van der Waals surface area contributed by atoms with Crippen LogP contribution in [0.2, 0.25) is 0 Å². The van der Waals surface area contributed by atoms with Crippen LogP contribution >= 0.6 is 0 Å². The second-order valence-corrected chi connectivity index (χ2v) is 4.97. The molecule has 1 aromatic carbocycles. The zero-order chi connectivity index (χ0) is 15.6. The lowest BCUT2D eigenvalue weighted by Crippen LogP contribution is -2.06. The second-order valence-electron chi connectivity index (χ2n) is 4.97. The van der Waals surface area contributed by atoms with Crippen molar-refractivity contribution in [3.8, 4) is 0 Å². The van der Waals surface area contributed by atoms with Crippen molar-refractivity contribution in [2.45, 2.75) is 32.0 Å². The Morgan fingerprint density at radius 1 is 1.24 bits per heavy atom. The number of rotatable bonds is 4. The zero-order valence-corrected chi connectivity index (χ0v) is 11.9. The Kier molecular flexibility index (Phi) is 4.37. The molecule has 2 rings (SSSR count). The molecule has 6 heteroatoms. The number of aryl methyl sites for hydroxylation is 2. The molecule has 0 saturated heterocycles. The van der Waals surface area contributed by atoms with E-state index < -0.39 is 17.8 Å². The van der Waals surface area contributed by atoms with E-state index >= 15 is 0 Å². The Labute approximate surface area is 121 Å². The van der Waals surface area contributed by atoms with Gasteiger partial charge in [0.05, 0.1) is 17.4 Å². The fourth-order valence-electron chi connectivity index (χ4n) is 2.27. The van der Waals surface area contributed by atoms with Crippen molar-refractivity contribution >= 4 is 0 Å². The van der Waals surface area contributed by atoms with Crippen molar-refractivity contribution in [3.63, 3.8) is 0 Å². The lowest BCUT2D eigenvalue weighted by atomic mass is 10.00. The number of aliphatic hydroxyl groups excluding tert-OH is 1. The van der Waals surface area contributed by atoms with Crippen LogP contribution in [-0.2, 0) is 26.1 Å². The molecule has 1 unspecified atom stereocenters. The van der Waals surface area contributed by atoms with Crippen LogP contribution in [-0.4, -0.2) is 14.9 Å². The quantitative estimate of drug-likeness (QED) is 0.940. The number of aliphatic hydroxyl groups is 1. The Bertz CT molecular complexity index is 602. The molecule has 0 fully saturated rings. The van der Waals surface area contributed by atoms with Gasteiger partial charge in [-0.3, -0.25) is 4.68 Å². The summed E-state index contributed by atoms with van der Waals surface area (Å²) in [5.41, 5.74) is 1.49. The normalized spacial score (nSPS) is 13.4. The maximum absolute atomic E-state index is 12.5. The number of alkyl halides is 3. The standard InChI is InChI=1S/C15H17F3N2O/c1-3-13-12(9-20(2)19-13)14(21)8-10-4-6-11(7-5-10)15(16,17)18/h4-7,9,14,21H,3,8H2,1-2H3. The number of hydrogen-bond donors (Lipinski definition) is 1. The highest BCUT2D eigenvalue weighted by Crippen LogP contribution is 2.30. The van der Waals surface area contributed by atoms with E-state index in [0.717, 1.165) is 23.4 Å². The fraction of sp³-hybridized carbons (Fsp3) is 0.400. The van der Waals surface area contributed by atoms with E-state index in [1.54, 1.807) is 17.9 Å². The molecular weight excluding hydrogens is 281 g/mol. The van der Waals surface area contributed by atoms with Gasteiger partial charge in [-0.1, -0.05) is 19.1 Å². The average Bonchev–Trinajstić information content (AvgIpc) is 2.79. The summed E-state index contributed by atoms with van der Waals surface area (Å²) in [7, 11) is 1.77. The minimum atomic E-state index is -4.34. The molecule has 0 saturated carbocycles. The van der Waals surface area contributed by atoms with Crippen molar-refractivity contribution in [3.05, 3.63) is 52.8 Å². The van der Waals surface area contributed by atoms with Crippen LogP contribution in [0.5, 0.6) is 0 Å². The molecule has 1 heterocycles. The number of halogens is 3.